The Labute approximate surface area is 99.2 Å². The fraction of sp³-hybridized carbons (Fsp3) is 1.00. The van der Waals surface area contributed by atoms with Crippen LogP contribution in [0.5, 0.6) is 0 Å². The molecule has 2 aliphatic heterocycles. The molecule has 0 saturated carbocycles. The maximum atomic E-state index is 10.8. The van der Waals surface area contributed by atoms with Crippen molar-refractivity contribution in [2.24, 2.45) is 5.92 Å². The van der Waals surface area contributed by atoms with Crippen molar-refractivity contribution in [1.29, 1.82) is 0 Å². The van der Waals surface area contributed by atoms with E-state index in [4.69, 9.17) is 0 Å². The molecule has 4 unspecified atom stereocenters. The summed E-state index contributed by atoms with van der Waals surface area (Å²) < 4.78 is 0. The van der Waals surface area contributed by atoms with Crippen molar-refractivity contribution in [1.82, 2.24) is 10.2 Å². The van der Waals surface area contributed by atoms with Crippen LogP contribution in [0.1, 0.15) is 39.5 Å². The summed E-state index contributed by atoms with van der Waals surface area (Å²) in [4.78, 5) is 2.28. The number of hydrogen-bond acceptors (Lipinski definition) is 3. The van der Waals surface area contributed by atoms with Crippen LogP contribution in [-0.4, -0.2) is 47.8 Å². The number of likely N-dealkylation sites (tertiary alicyclic amines) is 1. The second-order valence-corrected chi connectivity index (χ2v) is 5.88. The zero-order valence-corrected chi connectivity index (χ0v) is 10.9. The number of hydrogen-bond donors (Lipinski definition) is 2. The van der Waals surface area contributed by atoms with E-state index in [1.54, 1.807) is 0 Å². The fourth-order valence-electron chi connectivity index (χ4n) is 3.35. The molecule has 0 bridgehead atoms. The number of rotatable bonds is 2. The lowest BCUT2D eigenvalue weighted by Crippen LogP contribution is -2.55. The van der Waals surface area contributed by atoms with Crippen molar-refractivity contribution in [3.63, 3.8) is 0 Å². The van der Waals surface area contributed by atoms with Gasteiger partial charge in [0.25, 0.3) is 0 Å². The molecule has 0 aromatic heterocycles. The van der Waals surface area contributed by atoms with E-state index in [1.807, 2.05) is 0 Å². The van der Waals surface area contributed by atoms with Crippen molar-refractivity contribution in [2.75, 3.05) is 20.1 Å². The van der Waals surface area contributed by atoms with Gasteiger partial charge in [0.15, 0.2) is 0 Å². The topological polar surface area (TPSA) is 35.5 Å². The van der Waals surface area contributed by atoms with Crippen LogP contribution in [0.2, 0.25) is 0 Å². The Bertz CT molecular complexity index is 234. The molecule has 3 heteroatoms. The summed E-state index contributed by atoms with van der Waals surface area (Å²) in [6.07, 6.45) is 4.58. The van der Waals surface area contributed by atoms with Crippen molar-refractivity contribution in [2.45, 2.75) is 57.2 Å². The second-order valence-electron chi connectivity index (χ2n) is 5.88. The van der Waals surface area contributed by atoms with Gasteiger partial charge in [0.2, 0.25) is 0 Å². The molecular weight excluding hydrogens is 200 g/mol. The average Bonchev–Trinajstić information content (AvgIpc) is 2.54. The third-order valence-electron chi connectivity index (χ3n) is 4.66. The lowest BCUT2D eigenvalue weighted by Gasteiger charge is -2.39. The van der Waals surface area contributed by atoms with E-state index in [2.05, 4.69) is 31.1 Å². The zero-order valence-electron chi connectivity index (χ0n) is 10.9. The Morgan fingerprint density at radius 2 is 2.25 bits per heavy atom. The minimum absolute atomic E-state index is 0.304. The standard InChI is InChI=1S/C13H26N2O/c1-4-11-5-6-14-12(7-11)13(16)8-10(2)15(3)9-13/h10-12,14,16H,4-9H2,1-3H3. The molecule has 0 spiro atoms. The van der Waals surface area contributed by atoms with E-state index < -0.39 is 5.60 Å². The Hall–Kier alpha value is -0.120. The minimum Gasteiger partial charge on any atom is -0.387 e. The number of likely N-dealkylation sites (N-methyl/N-ethyl adjacent to an activating group) is 1. The van der Waals surface area contributed by atoms with E-state index in [0.717, 1.165) is 31.8 Å². The summed E-state index contributed by atoms with van der Waals surface area (Å²) >= 11 is 0. The summed E-state index contributed by atoms with van der Waals surface area (Å²) in [5, 5.41) is 14.3. The van der Waals surface area contributed by atoms with Crippen LogP contribution in [-0.2, 0) is 0 Å². The van der Waals surface area contributed by atoms with Gasteiger partial charge >= 0.3 is 0 Å². The van der Waals surface area contributed by atoms with Crippen LogP contribution >= 0.6 is 0 Å². The van der Waals surface area contributed by atoms with Crippen molar-refractivity contribution >= 4 is 0 Å². The highest BCUT2D eigenvalue weighted by molar-refractivity contribution is 5.03. The molecule has 0 aliphatic carbocycles. The molecule has 2 heterocycles. The number of piperidine rings is 1. The molecule has 2 N–H and O–H groups in total. The first-order valence-electron chi connectivity index (χ1n) is 6.71. The first-order chi connectivity index (χ1) is 7.55. The summed E-state index contributed by atoms with van der Waals surface area (Å²) in [7, 11) is 2.11. The van der Waals surface area contributed by atoms with Crippen molar-refractivity contribution < 1.29 is 5.11 Å². The third kappa shape index (κ3) is 2.27. The predicted molar refractivity (Wildman–Crippen MR) is 66.5 cm³/mol. The molecule has 0 aromatic rings. The van der Waals surface area contributed by atoms with Gasteiger partial charge in [-0.3, -0.25) is 0 Å². The van der Waals surface area contributed by atoms with E-state index in [9.17, 15) is 5.11 Å². The maximum absolute atomic E-state index is 10.8. The largest absolute Gasteiger partial charge is 0.387 e. The van der Waals surface area contributed by atoms with E-state index in [-0.39, 0.29) is 0 Å². The normalized spacial score (nSPS) is 46.1. The second kappa shape index (κ2) is 4.63. The van der Waals surface area contributed by atoms with Gasteiger partial charge in [-0.15, -0.1) is 0 Å². The molecule has 0 radical (unpaired) electrons. The van der Waals surface area contributed by atoms with E-state index in [1.165, 1.54) is 12.8 Å². The van der Waals surface area contributed by atoms with E-state index >= 15 is 0 Å². The smallest absolute Gasteiger partial charge is 0.0940 e. The molecule has 3 nitrogen and oxygen atoms in total. The quantitative estimate of drug-likeness (QED) is 0.743. The lowest BCUT2D eigenvalue weighted by atomic mass is 9.80. The van der Waals surface area contributed by atoms with Gasteiger partial charge < -0.3 is 15.3 Å². The Kier molecular flexibility index (Phi) is 3.57. The minimum atomic E-state index is -0.498. The van der Waals surface area contributed by atoms with Gasteiger partial charge in [-0.2, -0.15) is 0 Å². The zero-order chi connectivity index (χ0) is 11.8. The van der Waals surface area contributed by atoms with Gasteiger partial charge in [0.05, 0.1) is 5.60 Å². The Morgan fingerprint density at radius 3 is 2.81 bits per heavy atom. The first kappa shape index (κ1) is 12.3. The summed E-state index contributed by atoms with van der Waals surface area (Å²) in [5.41, 5.74) is -0.498. The van der Waals surface area contributed by atoms with Crippen molar-refractivity contribution in [3.8, 4) is 0 Å². The first-order valence-corrected chi connectivity index (χ1v) is 6.71. The summed E-state index contributed by atoms with van der Waals surface area (Å²) in [6.45, 7) is 6.37. The summed E-state index contributed by atoms with van der Waals surface area (Å²) in [6, 6.07) is 0.812. The molecule has 2 rings (SSSR count). The molecule has 0 amide bonds. The van der Waals surface area contributed by atoms with Crippen LogP contribution in [0, 0.1) is 5.92 Å². The third-order valence-corrected chi connectivity index (χ3v) is 4.66. The SMILES string of the molecule is CCC1CCNC(C2(O)CC(C)N(C)C2)C1. The van der Waals surface area contributed by atoms with Crippen LogP contribution in [0.3, 0.4) is 0 Å². The number of aliphatic hydroxyl groups is 1. The predicted octanol–water partition coefficient (Wildman–Crippen LogP) is 1.22. The van der Waals surface area contributed by atoms with Gasteiger partial charge in [0.1, 0.15) is 0 Å². The molecule has 2 saturated heterocycles. The maximum Gasteiger partial charge on any atom is 0.0940 e. The number of nitrogens with zero attached hydrogens (tertiary/aromatic N) is 1. The fourth-order valence-corrected chi connectivity index (χ4v) is 3.35. The van der Waals surface area contributed by atoms with E-state index in [0.29, 0.717) is 12.1 Å². The molecule has 0 aromatic carbocycles. The van der Waals surface area contributed by atoms with Gasteiger partial charge in [-0.25, -0.2) is 0 Å². The molecule has 4 atom stereocenters. The Balaban J connectivity index is 2.01. The van der Waals surface area contributed by atoms with Crippen LogP contribution in [0.15, 0.2) is 0 Å². The molecular formula is C13H26N2O. The Morgan fingerprint density at radius 1 is 1.50 bits per heavy atom. The molecule has 2 aliphatic rings. The average molecular weight is 226 g/mol. The highest BCUT2D eigenvalue weighted by atomic mass is 16.3. The monoisotopic (exact) mass is 226 g/mol. The van der Waals surface area contributed by atoms with Gasteiger partial charge in [-0.1, -0.05) is 13.3 Å². The number of β-amino-alcohol motifs (C(OH)–C–C–N with tert-alkyl or cyclic N) is 1. The highest BCUT2D eigenvalue weighted by Gasteiger charge is 2.46. The molecule has 2 fully saturated rings. The van der Waals surface area contributed by atoms with Crippen LogP contribution in [0.25, 0.3) is 0 Å². The van der Waals surface area contributed by atoms with Crippen LogP contribution in [0.4, 0.5) is 0 Å². The molecule has 16 heavy (non-hydrogen) atoms. The van der Waals surface area contributed by atoms with Gasteiger partial charge in [0, 0.05) is 18.6 Å². The number of nitrogens with one attached hydrogen (secondary N) is 1. The van der Waals surface area contributed by atoms with Crippen molar-refractivity contribution in [3.05, 3.63) is 0 Å². The lowest BCUT2D eigenvalue weighted by molar-refractivity contribution is -0.00476. The summed E-state index contributed by atoms with van der Waals surface area (Å²) in [5.74, 6) is 0.802. The highest BCUT2D eigenvalue weighted by Crippen LogP contribution is 2.34. The molecule has 94 valence electrons. The van der Waals surface area contributed by atoms with Gasteiger partial charge in [-0.05, 0) is 45.7 Å². The van der Waals surface area contributed by atoms with Crippen LogP contribution < -0.4 is 5.32 Å².